The number of fused-ring (bicyclic) bond motifs is 7. The van der Waals surface area contributed by atoms with Crippen molar-refractivity contribution in [1.82, 2.24) is 24.1 Å². The molecule has 12 aromatic rings. The van der Waals surface area contributed by atoms with Crippen molar-refractivity contribution in [2.45, 2.75) is 0 Å². The molecule has 0 amide bonds. The van der Waals surface area contributed by atoms with Crippen molar-refractivity contribution in [3.8, 4) is 67.8 Å². The normalized spacial score (nSPS) is 11.5. The Morgan fingerprint density at radius 2 is 0.774 bits per heavy atom. The highest BCUT2D eigenvalue weighted by molar-refractivity contribution is 6.26. The Labute approximate surface area is 358 Å². The summed E-state index contributed by atoms with van der Waals surface area (Å²) >= 11 is 0. The number of rotatable bonds is 7. The molecule has 5 nitrogen and oxygen atoms in total. The van der Waals surface area contributed by atoms with Crippen LogP contribution >= 0.6 is 0 Å². The SMILES string of the molecule is c1ccc(-c2ccc(-n3c4ccccc4c4c3ccc3c5ccccc5n(-c5ccccc5-c5nc(-c6ccccc6)nc(-c6ccccc6)n5)c34)c(-c3ccccc3)c2)cc1. The summed E-state index contributed by atoms with van der Waals surface area (Å²) in [6.07, 6.45) is 0. The second-order valence-corrected chi connectivity index (χ2v) is 15.6. The quantitative estimate of drug-likeness (QED) is 0.162. The van der Waals surface area contributed by atoms with Crippen LogP contribution in [0.15, 0.2) is 224 Å². The number of aromatic nitrogens is 5. The second-order valence-electron chi connectivity index (χ2n) is 15.6. The van der Waals surface area contributed by atoms with Gasteiger partial charge in [0.2, 0.25) is 0 Å². The van der Waals surface area contributed by atoms with Gasteiger partial charge in [-0.15, -0.1) is 0 Å². The minimum atomic E-state index is 0.611. The van der Waals surface area contributed by atoms with Gasteiger partial charge < -0.3 is 9.13 Å². The second kappa shape index (κ2) is 14.7. The third kappa shape index (κ3) is 5.82. The standard InChI is InChI=1S/C57H37N5/c1-5-19-38(20-6-1)42-33-35-51(47(37-42)39-21-7-2-8-22-39)61-49-31-17-14-28-45(49)53-52(61)36-34-44-43-27-13-16-30-48(43)62(54(44)53)50-32-18-15-29-46(50)57-59-55(40-23-9-3-10-24-40)58-56(60-57)41-25-11-4-12-26-41/h1-37H. The lowest BCUT2D eigenvalue weighted by Gasteiger charge is -2.16. The molecular formula is C57H37N5. The molecule has 9 aromatic carbocycles. The summed E-state index contributed by atoms with van der Waals surface area (Å²) in [5.74, 6) is 1.87. The average Bonchev–Trinajstić information content (AvgIpc) is 3.87. The number of benzene rings is 9. The van der Waals surface area contributed by atoms with Crippen LogP contribution in [0.25, 0.3) is 111 Å². The Kier molecular flexibility index (Phi) is 8.42. The molecule has 0 fully saturated rings. The summed E-state index contributed by atoms with van der Waals surface area (Å²) in [6, 6.07) is 79.3. The van der Waals surface area contributed by atoms with Gasteiger partial charge in [0.1, 0.15) is 0 Å². The van der Waals surface area contributed by atoms with E-state index in [9.17, 15) is 0 Å². The predicted molar refractivity (Wildman–Crippen MR) is 256 cm³/mol. The molecule has 62 heavy (non-hydrogen) atoms. The van der Waals surface area contributed by atoms with Crippen LogP contribution in [0.1, 0.15) is 0 Å². The van der Waals surface area contributed by atoms with E-state index >= 15 is 0 Å². The first kappa shape index (κ1) is 35.5. The van der Waals surface area contributed by atoms with Crippen LogP contribution in [-0.4, -0.2) is 24.1 Å². The van der Waals surface area contributed by atoms with E-state index in [2.05, 4.69) is 197 Å². The number of hydrogen-bond acceptors (Lipinski definition) is 3. The molecule has 3 heterocycles. The minimum absolute atomic E-state index is 0.611. The maximum atomic E-state index is 5.21. The summed E-state index contributed by atoms with van der Waals surface area (Å²) in [4.78, 5) is 15.4. The van der Waals surface area contributed by atoms with Crippen molar-refractivity contribution in [3.05, 3.63) is 224 Å². The molecule has 12 rings (SSSR count). The molecule has 5 heteroatoms. The smallest absolute Gasteiger partial charge is 0.166 e. The molecule has 0 aliphatic heterocycles. The molecule has 0 atom stereocenters. The van der Waals surface area contributed by atoms with Crippen molar-refractivity contribution in [3.63, 3.8) is 0 Å². The first-order valence-electron chi connectivity index (χ1n) is 21.0. The number of para-hydroxylation sites is 3. The molecular weight excluding hydrogens is 755 g/mol. The molecule has 0 saturated heterocycles. The lowest BCUT2D eigenvalue weighted by molar-refractivity contribution is 1.06. The van der Waals surface area contributed by atoms with Crippen molar-refractivity contribution >= 4 is 43.6 Å². The zero-order valence-corrected chi connectivity index (χ0v) is 33.6. The third-order valence-electron chi connectivity index (χ3n) is 12.0. The first-order chi connectivity index (χ1) is 30.8. The van der Waals surface area contributed by atoms with Crippen LogP contribution in [-0.2, 0) is 0 Å². The fourth-order valence-corrected chi connectivity index (χ4v) is 9.20. The van der Waals surface area contributed by atoms with E-state index in [-0.39, 0.29) is 0 Å². The minimum Gasteiger partial charge on any atom is -0.309 e. The Bertz CT molecular complexity index is 3550. The van der Waals surface area contributed by atoms with Crippen LogP contribution in [0.5, 0.6) is 0 Å². The van der Waals surface area contributed by atoms with Crippen LogP contribution in [0.2, 0.25) is 0 Å². The lowest BCUT2D eigenvalue weighted by Crippen LogP contribution is -2.03. The highest BCUT2D eigenvalue weighted by Crippen LogP contribution is 2.45. The van der Waals surface area contributed by atoms with Gasteiger partial charge in [-0.05, 0) is 59.2 Å². The summed E-state index contributed by atoms with van der Waals surface area (Å²) in [6.45, 7) is 0. The van der Waals surface area contributed by atoms with Gasteiger partial charge in [0.25, 0.3) is 0 Å². The van der Waals surface area contributed by atoms with E-state index in [0.717, 1.165) is 55.7 Å². The van der Waals surface area contributed by atoms with Gasteiger partial charge in [-0.3, -0.25) is 0 Å². The molecule has 0 radical (unpaired) electrons. The van der Waals surface area contributed by atoms with Gasteiger partial charge in [-0.1, -0.05) is 182 Å². The number of hydrogen-bond donors (Lipinski definition) is 0. The maximum Gasteiger partial charge on any atom is 0.166 e. The van der Waals surface area contributed by atoms with Crippen molar-refractivity contribution in [2.24, 2.45) is 0 Å². The fraction of sp³-hybridized carbons (Fsp3) is 0. The van der Waals surface area contributed by atoms with Gasteiger partial charge >= 0.3 is 0 Å². The lowest BCUT2D eigenvalue weighted by atomic mass is 9.97. The monoisotopic (exact) mass is 791 g/mol. The third-order valence-corrected chi connectivity index (χ3v) is 12.0. The van der Waals surface area contributed by atoms with Crippen molar-refractivity contribution < 1.29 is 0 Å². The average molecular weight is 792 g/mol. The Morgan fingerprint density at radius 1 is 0.274 bits per heavy atom. The molecule has 0 aliphatic rings. The molecule has 0 saturated carbocycles. The van der Waals surface area contributed by atoms with Crippen LogP contribution < -0.4 is 0 Å². The Balaban J connectivity index is 1.16. The van der Waals surface area contributed by atoms with E-state index < -0.39 is 0 Å². The molecule has 0 unspecified atom stereocenters. The summed E-state index contributed by atoms with van der Waals surface area (Å²) in [5.41, 5.74) is 14.1. The summed E-state index contributed by atoms with van der Waals surface area (Å²) in [7, 11) is 0. The molecule has 0 bridgehead atoms. The molecule has 0 N–H and O–H groups in total. The van der Waals surface area contributed by atoms with E-state index in [0.29, 0.717) is 17.5 Å². The summed E-state index contributed by atoms with van der Waals surface area (Å²) in [5, 5.41) is 4.72. The topological polar surface area (TPSA) is 48.5 Å². The zero-order valence-electron chi connectivity index (χ0n) is 33.6. The predicted octanol–water partition coefficient (Wildman–Crippen LogP) is 14.4. The van der Waals surface area contributed by atoms with E-state index in [1.807, 2.05) is 36.4 Å². The van der Waals surface area contributed by atoms with Crippen LogP contribution in [0.3, 0.4) is 0 Å². The fourth-order valence-electron chi connectivity index (χ4n) is 9.20. The van der Waals surface area contributed by atoms with Crippen LogP contribution in [0, 0.1) is 0 Å². The molecule has 3 aromatic heterocycles. The van der Waals surface area contributed by atoms with Gasteiger partial charge in [-0.2, -0.15) is 0 Å². The number of nitrogens with zero attached hydrogens (tertiary/aromatic N) is 5. The highest BCUT2D eigenvalue weighted by Gasteiger charge is 2.24. The van der Waals surface area contributed by atoms with Gasteiger partial charge in [-0.25, -0.2) is 15.0 Å². The molecule has 290 valence electrons. The molecule has 0 aliphatic carbocycles. The van der Waals surface area contributed by atoms with Crippen LogP contribution in [0.4, 0.5) is 0 Å². The first-order valence-corrected chi connectivity index (χ1v) is 21.0. The van der Waals surface area contributed by atoms with E-state index in [1.54, 1.807) is 0 Å². The van der Waals surface area contributed by atoms with Gasteiger partial charge in [0.15, 0.2) is 17.5 Å². The van der Waals surface area contributed by atoms with Crippen molar-refractivity contribution in [2.75, 3.05) is 0 Å². The maximum absolute atomic E-state index is 5.21. The van der Waals surface area contributed by atoms with E-state index in [1.165, 1.54) is 38.2 Å². The Morgan fingerprint density at radius 3 is 1.44 bits per heavy atom. The summed E-state index contributed by atoms with van der Waals surface area (Å²) < 4.78 is 4.89. The van der Waals surface area contributed by atoms with Gasteiger partial charge in [0.05, 0.1) is 33.4 Å². The van der Waals surface area contributed by atoms with Gasteiger partial charge in [0, 0.05) is 43.8 Å². The van der Waals surface area contributed by atoms with E-state index in [4.69, 9.17) is 15.0 Å². The zero-order chi connectivity index (χ0) is 41.0. The highest BCUT2D eigenvalue weighted by atomic mass is 15.1. The van der Waals surface area contributed by atoms with Crippen molar-refractivity contribution in [1.29, 1.82) is 0 Å². The Hall–Kier alpha value is -8.41. The molecule has 0 spiro atoms. The largest absolute Gasteiger partial charge is 0.309 e.